The lowest BCUT2D eigenvalue weighted by Gasteiger charge is -2.23. The fourth-order valence-electron chi connectivity index (χ4n) is 4.00. The van der Waals surface area contributed by atoms with Crippen LogP contribution in [0.5, 0.6) is 0 Å². The van der Waals surface area contributed by atoms with Crippen molar-refractivity contribution in [2.75, 3.05) is 26.0 Å². The van der Waals surface area contributed by atoms with Crippen LogP contribution in [0.3, 0.4) is 0 Å². The van der Waals surface area contributed by atoms with Gasteiger partial charge in [0.15, 0.2) is 17.4 Å². The van der Waals surface area contributed by atoms with E-state index in [9.17, 15) is 19.3 Å². The predicted octanol–water partition coefficient (Wildman–Crippen LogP) is 0.399. The molecule has 1 aliphatic rings. The van der Waals surface area contributed by atoms with Gasteiger partial charge in [-0.05, 0) is 6.42 Å². The summed E-state index contributed by atoms with van der Waals surface area (Å²) in [5, 5.41) is 14.0. The lowest BCUT2D eigenvalue weighted by Crippen LogP contribution is -2.39. The molecule has 0 bridgehead atoms. The van der Waals surface area contributed by atoms with E-state index in [-0.39, 0.29) is 36.2 Å². The first-order valence-electron chi connectivity index (χ1n) is 11.4. The lowest BCUT2D eigenvalue weighted by atomic mass is 9.98. The van der Waals surface area contributed by atoms with Gasteiger partial charge >= 0.3 is 7.75 Å². The number of imidazole rings is 2. The molecule has 0 spiro atoms. The van der Waals surface area contributed by atoms with Crippen LogP contribution in [0.2, 0.25) is 0 Å². The number of H-pyrrole nitrogens is 1. The number of aromatic amines is 1. The number of nitrogens with zero attached hydrogens (tertiary/aromatic N) is 5. The van der Waals surface area contributed by atoms with Gasteiger partial charge in [0, 0.05) is 38.4 Å². The molecule has 5 N–H and O–H groups in total. The Hall–Kier alpha value is -3.10. The van der Waals surface area contributed by atoms with E-state index in [0.717, 1.165) is 12.8 Å². The molecule has 1 fully saturated rings. The average Bonchev–Trinajstić information content (AvgIpc) is 3.60. The molecular formula is C20H29N8O7P. The monoisotopic (exact) mass is 524 g/mol. The highest BCUT2D eigenvalue weighted by atomic mass is 31.2. The van der Waals surface area contributed by atoms with Gasteiger partial charge in [0.05, 0.1) is 19.0 Å². The SMILES string of the molecule is CCCCC(=O)NC[C@H]1[C@@H](O)[C@H](n2cnc3c(=O)[nH]c(N)nc32)O[C@@H]1COP(=O)(OC)n1ccnc1. The summed E-state index contributed by atoms with van der Waals surface area (Å²) in [6.07, 6.45) is 4.40. The molecular weight excluding hydrogens is 495 g/mol. The number of carbonyl (C=O) groups excluding carboxylic acids is 1. The van der Waals surface area contributed by atoms with Crippen LogP contribution < -0.4 is 16.6 Å². The molecule has 1 aliphatic heterocycles. The maximum Gasteiger partial charge on any atom is 0.439 e. The highest BCUT2D eigenvalue weighted by Gasteiger charge is 2.46. The fourth-order valence-corrected chi connectivity index (χ4v) is 5.17. The Kier molecular flexibility index (Phi) is 7.85. The van der Waals surface area contributed by atoms with Crippen molar-refractivity contribution in [2.24, 2.45) is 5.92 Å². The molecule has 1 amide bonds. The summed E-state index contributed by atoms with van der Waals surface area (Å²) >= 11 is 0. The van der Waals surface area contributed by atoms with Crippen LogP contribution in [0.25, 0.3) is 11.2 Å². The van der Waals surface area contributed by atoms with E-state index in [2.05, 4.69) is 25.3 Å². The highest BCUT2D eigenvalue weighted by molar-refractivity contribution is 7.52. The van der Waals surface area contributed by atoms with Crippen molar-refractivity contribution in [1.82, 2.24) is 34.2 Å². The van der Waals surface area contributed by atoms with Crippen molar-refractivity contribution >= 4 is 30.8 Å². The molecule has 0 radical (unpaired) electrons. The zero-order valence-electron chi connectivity index (χ0n) is 19.8. The number of aromatic nitrogens is 6. The number of amides is 1. The number of hydrogen-bond acceptors (Lipinski definition) is 11. The smallest absolute Gasteiger partial charge is 0.388 e. The Morgan fingerprint density at radius 2 is 2.22 bits per heavy atom. The predicted molar refractivity (Wildman–Crippen MR) is 127 cm³/mol. The van der Waals surface area contributed by atoms with Crippen LogP contribution in [0.4, 0.5) is 5.95 Å². The minimum atomic E-state index is -3.78. The van der Waals surface area contributed by atoms with Gasteiger partial charge in [-0.15, -0.1) is 0 Å². The zero-order valence-corrected chi connectivity index (χ0v) is 20.7. The number of nitrogens with two attached hydrogens (primary N) is 1. The molecule has 1 unspecified atom stereocenters. The summed E-state index contributed by atoms with van der Waals surface area (Å²) < 4.78 is 32.6. The number of nitrogens with one attached hydrogen (secondary N) is 2. The summed E-state index contributed by atoms with van der Waals surface area (Å²) in [7, 11) is -2.54. The molecule has 3 aromatic heterocycles. The second-order valence-corrected chi connectivity index (χ2v) is 10.3. The molecule has 36 heavy (non-hydrogen) atoms. The lowest BCUT2D eigenvalue weighted by molar-refractivity contribution is -0.121. The number of fused-ring (bicyclic) bond motifs is 1. The molecule has 16 heteroatoms. The number of aliphatic hydroxyl groups is 1. The first-order chi connectivity index (χ1) is 17.3. The summed E-state index contributed by atoms with van der Waals surface area (Å²) in [6, 6.07) is 0. The number of nitrogen functional groups attached to an aromatic ring is 1. The molecule has 15 nitrogen and oxygen atoms in total. The molecule has 3 aromatic rings. The molecule has 0 aliphatic carbocycles. The Labute approximate surface area is 205 Å². The van der Waals surface area contributed by atoms with Crippen LogP contribution in [0.15, 0.2) is 29.8 Å². The molecule has 4 rings (SSSR count). The van der Waals surface area contributed by atoms with Gasteiger partial charge in [0.1, 0.15) is 12.4 Å². The van der Waals surface area contributed by atoms with Crippen molar-refractivity contribution in [3.05, 3.63) is 35.4 Å². The van der Waals surface area contributed by atoms with E-state index in [1.807, 2.05) is 6.92 Å². The number of aliphatic hydroxyl groups excluding tert-OH is 1. The van der Waals surface area contributed by atoms with E-state index >= 15 is 0 Å². The van der Waals surface area contributed by atoms with Gasteiger partial charge in [-0.2, -0.15) is 4.98 Å². The van der Waals surface area contributed by atoms with E-state index in [1.54, 1.807) is 0 Å². The number of rotatable bonds is 11. The molecule has 4 heterocycles. The Morgan fingerprint density at radius 1 is 1.42 bits per heavy atom. The Morgan fingerprint density at radius 3 is 2.92 bits per heavy atom. The van der Waals surface area contributed by atoms with Gasteiger partial charge < -0.3 is 20.9 Å². The Bertz CT molecular complexity index is 1290. The van der Waals surface area contributed by atoms with Crippen molar-refractivity contribution in [3.63, 3.8) is 0 Å². The largest absolute Gasteiger partial charge is 0.439 e. The van der Waals surface area contributed by atoms with Gasteiger partial charge in [-0.25, -0.2) is 18.9 Å². The standard InChI is InChI=1S/C20H29N8O7P/c1-3-4-5-14(29)23-8-12-13(9-34-36(32,33-2)27-7-6-22-10-27)35-19(16(12)30)28-11-24-15-17(28)25-20(21)26-18(15)31/h6-7,10-13,16,19,30H,3-5,8-9H2,1-2H3,(H,23,29)(H3,21,25,26,31)/t12-,13-,16-,19-,36?/m1/s1. The molecule has 0 aromatic carbocycles. The minimum Gasteiger partial charge on any atom is -0.388 e. The third-order valence-electron chi connectivity index (χ3n) is 5.95. The maximum atomic E-state index is 13.1. The Balaban J connectivity index is 1.58. The van der Waals surface area contributed by atoms with Crippen LogP contribution in [-0.2, 0) is 23.1 Å². The first-order valence-corrected chi connectivity index (χ1v) is 12.9. The van der Waals surface area contributed by atoms with Crippen molar-refractivity contribution in [2.45, 2.75) is 44.6 Å². The van der Waals surface area contributed by atoms with Crippen LogP contribution in [0.1, 0.15) is 32.4 Å². The van der Waals surface area contributed by atoms with Gasteiger partial charge in [-0.3, -0.25) is 28.2 Å². The molecule has 1 saturated heterocycles. The third-order valence-corrected chi connectivity index (χ3v) is 7.68. The third kappa shape index (κ3) is 5.20. The van der Waals surface area contributed by atoms with E-state index < -0.39 is 37.7 Å². The molecule has 196 valence electrons. The zero-order chi connectivity index (χ0) is 25.9. The quantitative estimate of drug-likeness (QED) is 0.253. The van der Waals surface area contributed by atoms with E-state index in [4.69, 9.17) is 19.5 Å². The second kappa shape index (κ2) is 10.9. The fraction of sp³-hybridized carbons (Fsp3) is 0.550. The highest BCUT2D eigenvalue weighted by Crippen LogP contribution is 2.49. The van der Waals surface area contributed by atoms with Crippen LogP contribution in [-0.4, -0.2) is 72.3 Å². The number of unbranched alkanes of at least 4 members (excludes halogenated alkanes) is 1. The molecule has 5 atom stereocenters. The van der Waals surface area contributed by atoms with Gasteiger partial charge in [0.25, 0.3) is 5.56 Å². The van der Waals surface area contributed by atoms with E-state index in [0.29, 0.717) is 6.42 Å². The summed E-state index contributed by atoms with van der Waals surface area (Å²) in [6.45, 7) is 1.81. The van der Waals surface area contributed by atoms with Crippen LogP contribution >= 0.6 is 7.75 Å². The maximum absolute atomic E-state index is 13.1. The number of anilines is 1. The van der Waals surface area contributed by atoms with Crippen molar-refractivity contribution in [3.8, 4) is 0 Å². The number of hydrogen-bond donors (Lipinski definition) is 4. The van der Waals surface area contributed by atoms with Crippen LogP contribution in [0, 0.1) is 5.92 Å². The second-order valence-electron chi connectivity index (χ2n) is 8.29. The average molecular weight is 524 g/mol. The minimum absolute atomic E-state index is 0.0214. The van der Waals surface area contributed by atoms with Crippen molar-refractivity contribution in [1.29, 1.82) is 0 Å². The number of carbonyl (C=O) groups is 1. The summed E-state index contributed by atoms with van der Waals surface area (Å²) in [5.41, 5.74) is 5.29. The van der Waals surface area contributed by atoms with E-state index in [1.165, 1.54) is 41.1 Å². The normalized spacial score (nSPS) is 23.6. The summed E-state index contributed by atoms with van der Waals surface area (Å²) in [4.78, 5) is 38.8. The van der Waals surface area contributed by atoms with Crippen molar-refractivity contribution < 1.29 is 28.3 Å². The van der Waals surface area contributed by atoms with Gasteiger partial charge in [-0.1, -0.05) is 13.3 Å². The molecule has 0 saturated carbocycles. The summed E-state index contributed by atoms with van der Waals surface area (Å²) in [5.74, 6) is -0.949. The van der Waals surface area contributed by atoms with Gasteiger partial charge in [0.2, 0.25) is 11.9 Å². The number of ether oxygens (including phenoxy) is 1. The topological polar surface area (TPSA) is 201 Å². The first kappa shape index (κ1) is 26.0.